The Morgan fingerprint density at radius 1 is 1.15 bits per heavy atom. The molecule has 1 amide bonds. The second kappa shape index (κ2) is 4.36. The molecule has 3 rings (SSSR count). The zero-order valence-electron chi connectivity index (χ0n) is 11.5. The van der Waals surface area contributed by atoms with E-state index in [1.165, 1.54) is 0 Å². The van der Waals surface area contributed by atoms with Gasteiger partial charge < -0.3 is 10.6 Å². The van der Waals surface area contributed by atoms with E-state index < -0.39 is 17.6 Å². The van der Waals surface area contributed by atoms with Gasteiger partial charge in [-0.2, -0.15) is 13.2 Å². The average Bonchev–Trinajstić information content (AvgIpc) is 2.91. The van der Waals surface area contributed by atoms with Crippen molar-refractivity contribution in [3.8, 4) is 0 Å². The SMILES string of the molecule is NC12CCC(C(=O)N3CCCCC3C(F)(F)F)(CC1)C2. The fraction of sp³-hybridized carbons (Fsp3) is 0.929. The standard InChI is InChI=1S/C14H21F3N2O/c15-14(16,17)10-3-1-2-8-19(10)11(20)12-4-6-13(18,9-12)7-5-12/h10H,1-9,18H2. The Kier molecular flexibility index (Phi) is 3.09. The maximum atomic E-state index is 13.1. The number of nitrogens with zero attached hydrogens (tertiary/aromatic N) is 1. The predicted molar refractivity (Wildman–Crippen MR) is 67.8 cm³/mol. The molecule has 6 heteroatoms. The number of carbonyl (C=O) groups is 1. The molecule has 1 unspecified atom stereocenters. The number of hydrogen-bond acceptors (Lipinski definition) is 2. The van der Waals surface area contributed by atoms with Crippen molar-refractivity contribution in [2.24, 2.45) is 11.1 Å². The minimum absolute atomic E-state index is 0.0408. The van der Waals surface area contributed by atoms with Crippen LogP contribution in [-0.2, 0) is 4.79 Å². The number of nitrogens with two attached hydrogens (primary N) is 1. The molecule has 114 valence electrons. The van der Waals surface area contributed by atoms with Crippen LogP contribution in [0.3, 0.4) is 0 Å². The molecule has 1 saturated heterocycles. The lowest BCUT2D eigenvalue weighted by Crippen LogP contribution is -2.55. The third kappa shape index (κ3) is 2.12. The number of piperidine rings is 1. The van der Waals surface area contributed by atoms with Crippen LogP contribution in [0, 0.1) is 5.41 Å². The zero-order chi connectivity index (χ0) is 14.6. The van der Waals surface area contributed by atoms with Crippen LogP contribution < -0.4 is 5.73 Å². The molecule has 3 fully saturated rings. The fourth-order valence-electron chi connectivity index (χ4n) is 4.36. The maximum absolute atomic E-state index is 13.1. The van der Waals surface area contributed by atoms with Gasteiger partial charge in [0.15, 0.2) is 0 Å². The van der Waals surface area contributed by atoms with E-state index in [1.54, 1.807) is 0 Å². The molecule has 3 aliphatic rings. The van der Waals surface area contributed by atoms with E-state index >= 15 is 0 Å². The predicted octanol–water partition coefficient (Wildman–Crippen LogP) is 2.59. The van der Waals surface area contributed by atoms with E-state index in [9.17, 15) is 18.0 Å². The number of likely N-dealkylation sites (tertiary alicyclic amines) is 1. The van der Waals surface area contributed by atoms with Gasteiger partial charge in [-0.1, -0.05) is 0 Å². The van der Waals surface area contributed by atoms with Crippen LogP contribution in [0.15, 0.2) is 0 Å². The average molecular weight is 290 g/mol. The number of carbonyl (C=O) groups excluding carboxylic acids is 1. The molecule has 2 aliphatic carbocycles. The molecule has 1 atom stereocenters. The van der Waals surface area contributed by atoms with Gasteiger partial charge in [-0.05, 0) is 51.4 Å². The lowest BCUT2D eigenvalue weighted by atomic mass is 9.81. The number of alkyl halides is 3. The van der Waals surface area contributed by atoms with Gasteiger partial charge in [0.1, 0.15) is 6.04 Å². The first-order valence-electron chi connectivity index (χ1n) is 7.43. The number of amides is 1. The monoisotopic (exact) mass is 290 g/mol. The highest BCUT2D eigenvalue weighted by Gasteiger charge is 2.59. The summed E-state index contributed by atoms with van der Waals surface area (Å²) in [6.45, 7) is 0.238. The van der Waals surface area contributed by atoms with E-state index in [4.69, 9.17) is 5.73 Å². The molecule has 20 heavy (non-hydrogen) atoms. The highest BCUT2D eigenvalue weighted by molar-refractivity contribution is 5.84. The van der Waals surface area contributed by atoms with Gasteiger partial charge >= 0.3 is 6.18 Å². The molecule has 0 aromatic heterocycles. The summed E-state index contributed by atoms with van der Waals surface area (Å²) < 4.78 is 39.4. The Labute approximate surface area is 116 Å². The van der Waals surface area contributed by atoms with Crippen molar-refractivity contribution < 1.29 is 18.0 Å². The number of halogens is 3. The zero-order valence-corrected chi connectivity index (χ0v) is 11.5. The van der Waals surface area contributed by atoms with Crippen LogP contribution in [0.5, 0.6) is 0 Å². The van der Waals surface area contributed by atoms with Crippen LogP contribution in [0.2, 0.25) is 0 Å². The first kappa shape index (κ1) is 14.2. The molecule has 0 radical (unpaired) electrons. The van der Waals surface area contributed by atoms with Gasteiger partial charge in [-0.15, -0.1) is 0 Å². The summed E-state index contributed by atoms with van der Waals surface area (Å²) in [6, 6.07) is -1.59. The Hall–Kier alpha value is -0.780. The summed E-state index contributed by atoms with van der Waals surface area (Å²) in [4.78, 5) is 13.9. The van der Waals surface area contributed by atoms with Crippen molar-refractivity contribution in [2.45, 2.75) is 69.1 Å². The first-order valence-corrected chi connectivity index (χ1v) is 7.43. The molecule has 2 saturated carbocycles. The Morgan fingerprint density at radius 3 is 2.30 bits per heavy atom. The van der Waals surface area contributed by atoms with Crippen molar-refractivity contribution >= 4 is 5.91 Å². The third-order valence-electron chi connectivity index (χ3n) is 5.49. The minimum Gasteiger partial charge on any atom is -0.330 e. The summed E-state index contributed by atoms with van der Waals surface area (Å²) in [7, 11) is 0. The van der Waals surface area contributed by atoms with Crippen LogP contribution in [0.1, 0.15) is 51.4 Å². The molecule has 2 N–H and O–H groups in total. The van der Waals surface area contributed by atoms with Crippen molar-refractivity contribution in [1.29, 1.82) is 0 Å². The van der Waals surface area contributed by atoms with Crippen LogP contribution >= 0.6 is 0 Å². The summed E-state index contributed by atoms with van der Waals surface area (Å²) in [5.41, 5.74) is 5.27. The van der Waals surface area contributed by atoms with Crippen LogP contribution in [0.25, 0.3) is 0 Å². The quantitative estimate of drug-likeness (QED) is 0.807. The van der Waals surface area contributed by atoms with Gasteiger partial charge in [0.25, 0.3) is 0 Å². The smallest absolute Gasteiger partial charge is 0.330 e. The summed E-state index contributed by atoms with van der Waals surface area (Å²) in [5, 5.41) is 0. The number of hydrogen-bond donors (Lipinski definition) is 1. The molecule has 2 bridgehead atoms. The number of fused-ring (bicyclic) bond motifs is 2. The van der Waals surface area contributed by atoms with Gasteiger partial charge in [-0.25, -0.2) is 0 Å². The van der Waals surface area contributed by atoms with Gasteiger partial charge in [0.05, 0.1) is 5.41 Å². The molecule has 1 aliphatic heterocycles. The van der Waals surface area contributed by atoms with E-state index in [0.29, 0.717) is 32.1 Å². The lowest BCUT2D eigenvalue weighted by Gasteiger charge is -2.41. The van der Waals surface area contributed by atoms with E-state index in [2.05, 4.69) is 0 Å². The largest absolute Gasteiger partial charge is 0.408 e. The molecule has 0 aromatic rings. The Bertz CT molecular complexity index is 413. The molecule has 0 spiro atoms. The highest BCUT2D eigenvalue weighted by Crippen LogP contribution is 2.56. The second-order valence-electron chi connectivity index (χ2n) is 6.87. The van der Waals surface area contributed by atoms with Crippen LogP contribution in [0.4, 0.5) is 13.2 Å². The van der Waals surface area contributed by atoms with E-state index in [1.807, 2.05) is 0 Å². The molecule has 1 heterocycles. The van der Waals surface area contributed by atoms with Crippen molar-refractivity contribution in [1.82, 2.24) is 4.90 Å². The van der Waals surface area contributed by atoms with Crippen molar-refractivity contribution in [3.05, 3.63) is 0 Å². The van der Waals surface area contributed by atoms with Crippen molar-refractivity contribution in [2.75, 3.05) is 6.54 Å². The lowest BCUT2D eigenvalue weighted by molar-refractivity contribution is -0.200. The summed E-state index contributed by atoms with van der Waals surface area (Å²) in [6.07, 6.45) is 0.353. The van der Waals surface area contributed by atoms with Gasteiger partial charge in [0, 0.05) is 12.1 Å². The minimum atomic E-state index is -4.32. The van der Waals surface area contributed by atoms with Gasteiger partial charge in [-0.3, -0.25) is 4.79 Å². The Morgan fingerprint density at radius 2 is 1.80 bits per heavy atom. The molecular weight excluding hydrogens is 269 g/mol. The second-order valence-corrected chi connectivity index (χ2v) is 6.87. The summed E-state index contributed by atoms with van der Waals surface area (Å²) in [5.74, 6) is -0.288. The molecule has 0 aromatic carbocycles. The number of rotatable bonds is 1. The van der Waals surface area contributed by atoms with Gasteiger partial charge in [0.2, 0.25) is 5.91 Å². The van der Waals surface area contributed by atoms with E-state index in [-0.39, 0.29) is 24.4 Å². The van der Waals surface area contributed by atoms with E-state index in [0.717, 1.165) is 17.7 Å². The third-order valence-corrected chi connectivity index (χ3v) is 5.49. The van der Waals surface area contributed by atoms with Crippen molar-refractivity contribution in [3.63, 3.8) is 0 Å². The topological polar surface area (TPSA) is 46.3 Å². The Balaban J connectivity index is 1.82. The highest BCUT2D eigenvalue weighted by atomic mass is 19.4. The first-order chi connectivity index (χ1) is 9.26. The molecular formula is C14H21F3N2O. The fourth-order valence-corrected chi connectivity index (χ4v) is 4.36. The maximum Gasteiger partial charge on any atom is 0.408 e. The molecule has 3 nitrogen and oxygen atoms in total. The normalized spacial score (nSPS) is 41.2. The summed E-state index contributed by atoms with van der Waals surface area (Å²) >= 11 is 0. The van der Waals surface area contributed by atoms with Crippen LogP contribution in [-0.4, -0.2) is 35.1 Å².